The Hall–Kier alpha value is -2.21. The maximum atomic E-state index is 11.0. The molecule has 2 N–H and O–H groups in total. The number of furan rings is 1. The number of aromatic carboxylic acids is 1. The van der Waals surface area contributed by atoms with Gasteiger partial charge in [0, 0.05) is 25.2 Å². The van der Waals surface area contributed by atoms with Crippen LogP contribution in [-0.4, -0.2) is 27.1 Å². The van der Waals surface area contributed by atoms with Crippen molar-refractivity contribution in [2.45, 2.75) is 25.9 Å². The van der Waals surface area contributed by atoms with Crippen molar-refractivity contribution in [3.8, 4) is 0 Å². The van der Waals surface area contributed by atoms with Gasteiger partial charge in [0.2, 0.25) is 0 Å². The number of carbonyl (C=O) groups is 1. The van der Waals surface area contributed by atoms with E-state index >= 15 is 0 Å². The molecule has 0 bridgehead atoms. The summed E-state index contributed by atoms with van der Waals surface area (Å²) in [6.07, 6.45) is 5.03. The van der Waals surface area contributed by atoms with Crippen LogP contribution in [-0.2, 0) is 13.0 Å². The van der Waals surface area contributed by atoms with Crippen LogP contribution in [0.5, 0.6) is 0 Å². The average Bonchev–Trinajstić information content (AvgIpc) is 2.89. The molecular formula is C13H15N3O3. The molecule has 0 spiro atoms. The van der Waals surface area contributed by atoms with Crippen molar-refractivity contribution in [3.05, 3.63) is 47.9 Å². The van der Waals surface area contributed by atoms with Gasteiger partial charge < -0.3 is 14.8 Å². The fraction of sp³-hybridized carbons (Fsp3) is 0.308. The standard InChI is InChI=1S/C13H15N3O3/c1-9(5-10-3-2-4-19-10)15-7-12-11(13(17)18)6-14-8-16-12/h2-4,6,8-9,15H,5,7H2,1H3,(H,17,18). The number of nitrogens with one attached hydrogen (secondary N) is 1. The van der Waals surface area contributed by atoms with E-state index < -0.39 is 5.97 Å². The third-order valence-electron chi connectivity index (χ3n) is 2.73. The molecule has 19 heavy (non-hydrogen) atoms. The SMILES string of the molecule is CC(Cc1ccco1)NCc1ncncc1C(=O)O. The quantitative estimate of drug-likeness (QED) is 0.819. The summed E-state index contributed by atoms with van der Waals surface area (Å²) in [5.74, 6) is -0.128. The summed E-state index contributed by atoms with van der Waals surface area (Å²) < 4.78 is 5.26. The van der Waals surface area contributed by atoms with Crippen LogP contribution >= 0.6 is 0 Å². The molecule has 100 valence electrons. The first-order valence-electron chi connectivity index (χ1n) is 5.94. The summed E-state index contributed by atoms with van der Waals surface area (Å²) >= 11 is 0. The molecule has 2 aromatic heterocycles. The van der Waals surface area contributed by atoms with Gasteiger partial charge in [-0.05, 0) is 19.1 Å². The summed E-state index contributed by atoms with van der Waals surface area (Å²) in [4.78, 5) is 18.7. The van der Waals surface area contributed by atoms with E-state index in [1.807, 2.05) is 19.1 Å². The first-order chi connectivity index (χ1) is 9.16. The van der Waals surface area contributed by atoms with Crippen LogP contribution in [0.1, 0.15) is 28.7 Å². The lowest BCUT2D eigenvalue weighted by Crippen LogP contribution is -2.28. The predicted molar refractivity (Wildman–Crippen MR) is 67.7 cm³/mol. The highest BCUT2D eigenvalue weighted by Crippen LogP contribution is 2.06. The van der Waals surface area contributed by atoms with Gasteiger partial charge in [0.15, 0.2) is 0 Å². The van der Waals surface area contributed by atoms with Gasteiger partial charge in [-0.2, -0.15) is 0 Å². The molecule has 0 amide bonds. The number of nitrogens with zero attached hydrogens (tertiary/aromatic N) is 2. The smallest absolute Gasteiger partial charge is 0.339 e. The number of carboxylic acid groups (broad SMARTS) is 1. The van der Waals surface area contributed by atoms with Gasteiger partial charge in [0.1, 0.15) is 17.7 Å². The van der Waals surface area contributed by atoms with Crippen LogP contribution in [0, 0.1) is 0 Å². The van der Waals surface area contributed by atoms with E-state index in [9.17, 15) is 4.79 Å². The van der Waals surface area contributed by atoms with Gasteiger partial charge in [-0.1, -0.05) is 0 Å². The van der Waals surface area contributed by atoms with E-state index in [1.165, 1.54) is 12.5 Å². The third kappa shape index (κ3) is 3.62. The molecule has 6 heteroatoms. The molecule has 2 aromatic rings. The zero-order chi connectivity index (χ0) is 13.7. The highest BCUT2D eigenvalue weighted by atomic mass is 16.4. The number of aromatic nitrogens is 2. The lowest BCUT2D eigenvalue weighted by Gasteiger charge is -2.12. The topological polar surface area (TPSA) is 88.3 Å². The minimum atomic E-state index is -1.02. The summed E-state index contributed by atoms with van der Waals surface area (Å²) in [5.41, 5.74) is 0.606. The number of hydrogen-bond acceptors (Lipinski definition) is 5. The molecule has 0 aliphatic heterocycles. The third-order valence-corrected chi connectivity index (χ3v) is 2.73. The van der Waals surface area contributed by atoms with E-state index in [0.717, 1.165) is 12.2 Å². The molecule has 1 atom stereocenters. The number of hydrogen-bond donors (Lipinski definition) is 2. The van der Waals surface area contributed by atoms with E-state index in [2.05, 4.69) is 15.3 Å². The van der Waals surface area contributed by atoms with E-state index in [4.69, 9.17) is 9.52 Å². The molecule has 1 unspecified atom stereocenters. The first-order valence-corrected chi connectivity index (χ1v) is 5.94. The summed E-state index contributed by atoms with van der Waals surface area (Å²) in [5, 5.41) is 12.2. The second-order valence-electron chi connectivity index (χ2n) is 4.25. The van der Waals surface area contributed by atoms with Crippen molar-refractivity contribution in [1.82, 2.24) is 15.3 Å². The van der Waals surface area contributed by atoms with Crippen molar-refractivity contribution in [2.24, 2.45) is 0 Å². The second-order valence-corrected chi connectivity index (χ2v) is 4.25. The molecule has 2 rings (SSSR count). The van der Waals surface area contributed by atoms with Crippen molar-refractivity contribution >= 4 is 5.97 Å². The van der Waals surface area contributed by atoms with Gasteiger partial charge in [-0.15, -0.1) is 0 Å². The molecule has 0 aliphatic rings. The summed E-state index contributed by atoms with van der Waals surface area (Å²) in [7, 11) is 0. The van der Waals surface area contributed by atoms with Crippen LogP contribution in [0.4, 0.5) is 0 Å². The molecule has 0 radical (unpaired) electrons. The normalized spacial score (nSPS) is 12.3. The molecular weight excluding hydrogens is 246 g/mol. The van der Waals surface area contributed by atoms with Gasteiger partial charge >= 0.3 is 5.97 Å². The molecule has 0 saturated heterocycles. The Labute approximate surface area is 110 Å². The van der Waals surface area contributed by atoms with Crippen molar-refractivity contribution < 1.29 is 14.3 Å². The van der Waals surface area contributed by atoms with Crippen LogP contribution < -0.4 is 5.32 Å². The molecule has 0 aromatic carbocycles. The fourth-order valence-corrected chi connectivity index (χ4v) is 1.75. The van der Waals surface area contributed by atoms with Gasteiger partial charge in [0.05, 0.1) is 12.0 Å². The number of carboxylic acids is 1. The molecule has 2 heterocycles. The van der Waals surface area contributed by atoms with Gasteiger partial charge in [-0.25, -0.2) is 14.8 Å². The Bertz CT molecular complexity index is 540. The Kier molecular flexibility index (Phi) is 4.25. The summed E-state index contributed by atoms with van der Waals surface area (Å²) in [6.45, 7) is 2.39. The average molecular weight is 261 g/mol. The van der Waals surface area contributed by atoms with E-state index in [-0.39, 0.29) is 11.6 Å². The monoisotopic (exact) mass is 261 g/mol. The number of rotatable bonds is 6. The fourth-order valence-electron chi connectivity index (χ4n) is 1.75. The van der Waals surface area contributed by atoms with E-state index in [0.29, 0.717) is 12.2 Å². The molecule has 0 aliphatic carbocycles. The second kappa shape index (κ2) is 6.10. The molecule has 0 saturated carbocycles. The lowest BCUT2D eigenvalue weighted by atomic mass is 10.1. The first kappa shape index (κ1) is 13.2. The summed E-state index contributed by atoms with van der Waals surface area (Å²) in [6, 6.07) is 3.91. The highest BCUT2D eigenvalue weighted by molar-refractivity contribution is 5.88. The van der Waals surface area contributed by atoms with Gasteiger partial charge in [-0.3, -0.25) is 0 Å². The van der Waals surface area contributed by atoms with Crippen molar-refractivity contribution in [1.29, 1.82) is 0 Å². The van der Waals surface area contributed by atoms with Crippen LogP contribution in [0.25, 0.3) is 0 Å². The zero-order valence-corrected chi connectivity index (χ0v) is 10.5. The maximum Gasteiger partial charge on any atom is 0.339 e. The Morgan fingerprint density at radius 3 is 3.11 bits per heavy atom. The van der Waals surface area contributed by atoms with Crippen LogP contribution in [0.3, 0.4) is 0 Å². The van der Waals surface area contributed by atoms with E-state index in [1.54, 1.807) is 6.26 Å². The van der Waals surface area contributed by atoms with Crippen LogP contribution in [0.2, 0.25) is 0 Å². The van der Waals surface area contributed by atoms with Gasteiger partial charge in [0.25, 0.3) is 0 Å². The Morgan fingerprint density at radius 1 is 1.58 bits per heavy atom. The van der Waals surface area contributed by atoms with Crippen molar-refractivity contribution in [2.75, 3.05) is 0 Å². The molecule has 6 nitrogen and oxygen atoms in total. The zero-order valence-electron chi connectivity index (χ0n) is 10.5. The maximum absolute atomic E-state index is 11.0. The Morgan fingerprint density at radius 2 is 2.42 bits per heavy atom. The van der Waals surface area contributed by atoms with Crippen molar-refractivity contribution in [3.63, 3.8) is 0 Å². The largest absolute Gasteiger partial charge is 0.478 e. The minimum Gasteiger partial charge on any atom is -0.478 e. The highest BCUT2D eigenvalue weighted by Gasteiger charge is 2.12. The van der Waals surface area contributed by atoms with Crippen LogP contribution in [0.15, 0.2) is 35.3 Å². The molecule has 0 fully saturated rings. The minimum absolute atomic E-state index is 0.125. The predicted octanol–water partition coefficient (Wildman–Crippen LogP) is 1.49. The lowest BCUT2D eigenvalue weighted by molar-refractivity contribution is 0.0694. The Balaban J connectivity index is 1.93.